The van der Waals surface area contributed by atoms with Crippen molar-refractivity contribution >= 4 is 0 Å². The lowest BCUT2D eigenvalue weighted by molar-refractivity contribution is 0.459. The molecule has 3 N–H and O–H groups in total. The molecule has 0 aromatic carbocycles. The van der Waals surface area contributed by atoms with Gasteiger partial charge in [-0.15, -0.1) is 0 Å². The van der Waals surface area contributed by atoms with Gasteiger partial charge in [-0.25, -0.2) is 4.79 Å². The van der Waals surface area contributed by atoms with Crippen molar-refractivity contribution in [1.82, 2.24) is 9.55 Å². The Morgan fingerprint density at radius 3 is 2.92 bits per heavy atom. The van der Waals surface area contributed by atoms with Crippen LogP contribution < -0.4 is 11.4 Å². The zero-order chi connectivity index (χ0) is 8.97. The molecular formula is C8H15N3O. The molecule has 4 nitrogen and oxygen atoms in total. The smallest absolute Gasteiger partial charge is 0.325 e. The number of H-pyrrole nitrogens is 1. The summed E-state index contributed by atoms with van der Waals surface area (Å²) in [5.41, 5.74) is 5.47. The Labute approximate surface area is 71.4 Å². The number of hydrogen-bond donors (Lipinski definition) is 2. The first kappa shape index (κ1) is 9.06. The van der Waals surface area contributed by atoms with Crippen molar-refractivity contribution in [2.45, 2.75) is 25.8 Å². The quantitative estimate of drug-likeness (QED) is 0.688. The summed E-state index contributed by atoms with van der Waals surface area (Å²) < 4.78 is 1.66. The van der Waals surface area contributed by atoms with E-state index >= 15 is 0 Å². The molecule has 1 heterocycles. The molecule has 0 saturated heterocycles. The van der Waals surface area contributed by atoms with Crippen molar-refractivity contribution in [1.29, 1.82) is 0 Å². The van der Waals surface area contributed by atoms with Gasteiger partial charge in [0.25, 0.3) is 0 Å². The SMILES string of the molecule is CCCC(CN)n1cc[nH]c1=O. The second-order valence-electron chi connectivity index (χ2n) is 2.85. The molecule has 1 aromatic heterocycles. The number of hydrogen-bond acceptors (Lipinski definition) is 2. The Hall–Kier alpha value is -1.03. The number of nitrogens with zero attached hydrogens (tertiary/aromatic N) is 1. The fraction of sp³-hybridized carbons (Fsp3) is 0.625. The highest BCUT2D eigenvalue weighted by Gasteiger charge is 2.08. The highest BCUT2D eigenvalue weighted by atomic mass is 16.1. The maximum atomic E-state index is 11.1. The van der Waals surface area contributed by atoms with Crippen LogP contribution in [0.4, 0.5) is 0 Å². The van der Waals surface area contributed by atoms with E-state index in [1.54, 1.807) is 17.0 Å². The van der Waals surface area contributed by atoms with Crippen molar-refractivity contribution in [3.05, 3.63) is 22.9 Å². The average molecular weight is 169 g/mol. The molecule has 0 aliphatic rings. The van der Waals surface area contributed by atoms with Gasteiger partial charge in [-0.05, 0) is 6.42 Å². The minimum atomic E-state index is -0.0705. The predicted molar refractivity (Wildman–Crippen MR) is 48.1 cm³/mol. The summed E-state index contributed by atoms with van der Waals surface area (Å²) in [6.45, 7) is 2.60. The van der Waals surface area contributed by atoms with E-state index in [1.807, 2.05) is 0 Å². The van der Waals surface area contributed by atoms with Gasteiger partial charge in [-0.2, -0.15) is 0 Å². The molecule has 1 unspecified atom stereocenters. The standard InChI is InChI=1S/C8H15N3O/c1-2-3-7(6-9)11-5-4-10-8(11)12/h4-5,7H,2-3,6,9H2,1H3,(H,10,12). The third kappa shape index (κ3) is 1.76. The minimum Gasteiger partial charge on any atom is -0.328 e. The van der Waals surface area contributed by atoms with E-state index in [0.29, 0.717) is 6.54 Å². The minimum absolute atomic E-state index is 0.0705. The van der Waals surface area contributed by atoms with Crippen LogP contribution in [-0.4, -0.2) is 16.1 Å². The third-order valence-corrected chi connectivity index (χ3v) is 1.96. The molecule has 12 heavy (non-hydrogen) atoms. The second-order valence-corrected chi connectivity index (χ2v) is 2.85. The summed E-state index contributed by atoms with van der Waals surface area (Å²) in [4.78, 5) is 13.7. The molecule has 0 aliphatic heterocycles. The lowest BCUT2D eigenvalue weighted by atomic mass is 10.2. The van der Waals surface area contributed by atoms with E-state index < -0.39 is 0 Å². The van der Waals surface area contributed by atoms with Crippen molar-refractivity contribution in [3.63, 3.8) is 0 Å². The Balaban J connectivity index is 2.79. The Morgan fingerprint density at radius 1 is 1.75 bits per heavy atom. The first-order chi connectivity index (χ1) is 5.79. The van der Waals surface area contributed by atoms with E-state index in [-0.39, 0.29) is 11.7 Å². The van der Waals surface area contributed by atoms with Crippen LogP contribution in [-0.2, 0) is 0 Å². The van der Waals surface area contributed by atoms with E-state index in [0.717, 1.165) is 12.8 Å². The largest absolute Gasteiger partial charge is 0.328 e. The van der Waals surface area contributed by atoms with Gasteiger partial charge in [0.05, 0.1) is 6.04 Å². The first-order valence-corrected chi connectivity index (χ1v) is 4.25. The molecule has 1 rings (SSSR count). The van der Waals surface area contributed by atoms with Gasteiger partial charge in [0, 0.05) is 18.9 Å². The second kappa shape index (κ2) is 4.11. The summed E-state index contributed by atoms with van der Waals surface area (Å²) >= 11 is 0. The van der Waals surface area contributed by atoms with Gasteiger partial charge in [-0.1, -0.05) is 13.3 Å². The van der Waals surface area contributed by atoms with Gasteiger partial charge in [0.2, 0.25) is 0 Å². The fourth-order valence-corrected chi connectivity index (χ4v) is 1.32. The van der Waals surface area contributed by atoms with E-state index in [2.05, 4.69) is 11.9 Å². The van der Waals surface area contributed by atoms with E-state index in [4.69, 9.17) is 5.73 Å². The summed E-state index contributed by atoms with van der Waals surface area (Å²) in [6.07, 6.45) is 5.38. The number of rotatable bonds is 4. The molecular weight excluding hydrogens is 154 g/mol. The van der Waals surface area contributed by atoms with Crippen molar-refractivity contribution in [2.24, 2.45) is 5.73 Å². The van der Waals surface area contributed by atoms with E-state index in [1.165, 1.54) is 0 Å². The zero-order valence-corrected chi connectivity index (χ0v) is 7.29. The molecule has 0 bridgehead atoms. The lowest BCUT2D eigenvalue weighted by Crippen LogP contribution is -2.27. The number of aromatic nitrogens is 2. The molecule has 1 atom stereocenters. The number of imidazole rings is 1. The Morgan fingerprint density at radius 2 is 2.50 bits per heavy atom. The predicted octanol–water partition coefficient (Wildman–Crippen LogP) is 0.476. The number of nitrogens with two attached hydrogens (primary N) is 1. The fourth-order valence-electron chi connectivity index (χ4n) is 1.32. The van der Waals surface area contributed by atoms with Gasteiger partial charge in [0.1, 0.15) is 0 Å². The van der Waals surface area contributed by atoms with Crippen molar-refractivity contribution in [2.75, 3.05) is 6.54 Å². The van der Waals surface area contributed by atoms with Gasteiger partial charge < -0.3 is 10.7 Å². The van der Waals surface area contributed by atoms with Gasteiger partial charge in [0.15, 0.2) is 0 Å². The lowest BCUT2D eigenvalue weighted by Gasteiger charge is -2.13. The normalized spacial score (nSPS) is 13.2. The monoisotopic (exact) mass is 169 g/mol. The van der Waals surface area contributed by atoms with Crippen LogP contribution in [0.1, 0.15) is 25.8 Å². The maximum absolute atomic E-state index is 11.1. The summed E-state index contributed by atoms with van der Waals surface area (Å²) in [7, 11) is 0. The molecule has 0 saturated carbocycles. The Bertz CT molecular complexity index is 276. The summed E-state index contributed by atoms with van der Waals surface area (Å²) in [6, 6.07) is 0.147. The van der Waals surface area contributed by atoms with Crippen LogP contribution >= 0.6 is 0 Å². The van der Waals surface area contributed by atoms with Crippen LogP contribution in [0.15, 0.2) is 17.2 Å². The highest BCUT2D eigenvalue weighted by Crippen LogP contribution is 2.08. The molecule has 1 aromatic rings. The third-order valence-electron chi connectivity index (χ3n) is 1.96. The van der Waals surface area contributed by atoms with Crippen LogP contribution in [0.2, 0.25) is 0 Å². The highest BCUT2D eigenvalue weighted by molar-refractivity contribution is 4.81. The van der Waals surface area contributed by atoms with Crippen LogP contribution in [0, 0.1) is 0 Å². The van der Waals surface area contributed by atoms with E-state index in [9.17, 15) is 4.79 Å². The van der Waals surface area contributed by atoms with Crippen molar-refractivity contribution < 1.29 is 0 Å². The van der Waals surface area contributed by atoms with Gasteiger partial charge in [-0.3, -0.25) is 4.57 Å². The number of aromatic amines is 1. The van der Waals surface area contributed by atoms with Crippen LogP contribution in [0.3, 0.4) is 0 Å². The molecule has 0 radical (unpaired) electrons. The topological polar surface area (TPSA) is 63.8 Å². The average Bonchev–Trinajstić information content (AvgIpc) is 2.47. The molecule has 0 amide bonds. The molecule has 0 spiro atoms. The molecule has 68 valence electrons. The zero-order valence-electron chi connectivity index (χ0n) is 7.29. The van der Waals surface area contributed by atoms with Gasteiger partial charge >= 0.3 is 5.69 Å². The first-order valence-electron chi connectivity index (χ1n) is 4.25. The molecule has 0 aliphatic carbocycles. The maximum Gasteiger partial charge on any atom is 0.325 e. The van der Waals surface area contributed by atoms with Crippen LogP contribution in [0.25, 0.3) is 0 Å². The summed E-state index contributed by atoms with van der Waals surface area (Å²) in [5, 5.41) is 0. The number of nitrogens with one attached hydrogen (secondary N) is 1. The molecule has 4 heteroatoms. The molecule has 0 fully saturated rings. The van der Waals surface area contributed by atoms with Crippen molar-refractivity contribution in [3.8, 4) is 0 Å². The Kier molecular flexibility index (Phi) is 3.10. The summed E-state index contributed by atoms with van der Waals surface area (Å²) in [5.74, 6) is 0. The van der Waals surface area contributed by atoms with Crippen LogP contribution in [0.5, 0.6) is 0 Å².